The predicted molar refractivity (Wildman–Crippen MR) is 67.7 cm³/mol. The van der Waals surface area contributed by atoms with Crippen LogP contribution >= 0.6 is 0 Å². The van der Waals surface area contributed by atoms with Crippen LogP contribution in [0.1, 0.15) is 24.8 Å². The molecule has 1 atom stereocenters. The van der Waals surface area contributed by atoms with Crippen molar-refractivity contribution >= 4 is 11.4 Å². The second-order valence-corrected chi connectivity index (χ2v) is 4.63. The first kappa shape index (κ1) is 11.3. The molecule has 1 aromatic rings. The first-order valence-electron chi connectivity index (χ1n) is 5.95. The van der Waals surface area contributed by atoms with Crippen LogP contribution in [0.15, 0.2) is 18.2 Å². The maximum absolute atomic E-state index is 9.39. The van der Waals surface area contributed by atoms with Gasteiger partial charge in [-0.05, 0) is 49.9 Å². The number of aryl methyl sites for hydroxylation is 1. The standard InChI is InChI=1S/C13H20N2O/c1-10-6-11(14)8-13(7-10)15-5-3-2-4-12(15)9-16/h6-8,12,16H,2-5,9,14H2,1H3. The molecule has 1 aliphatic rings. The van der Waals surface area contributed by atoms with Gasteiger partial charge in [0, 0.05) is 17.9 Å². The highest BCUT2D eigenvalue weighted by molar-refractivity contribution is 5.59. The van der Waals surface area contributed by atoms with Gasteiger partial charge in [0.2, 0.25) is 0 Å². The van der Waals surface area contributed by atoms with E-state index in [9.17, 15) is 5.11 Å². The second-order valence-electron chi connectivity index (χ2n) is 4.63. The molecule has 1 fully saturated rings. The van der Waals surface area contributed by atoms with Crippen LogP contribution < -0.4 is 10.6 Å². The summed E-state index contributed by atoms with van der Waals surface area (Å²) in [5.41, 5.74) is 8.99. The van der Waals surface area contributed by atoms with E-state index in [1.54, 1.807) is 0 Å². The molecule has 0 radical (unpaired) electrons. The van der Waals surface area contributed by atoms with Crippen molar-refractivity contribution in [2.45, 2.75) is 32.2 Å². The van der Waals surface area contributed by atoms with E-state index in [1.165, 1.54) is 18.4 Å². The molecule has 0 amide bonds. The van der Waals surface area contributed by atoms with Crippen LogP contribution in [-0.4, -0.2) is 24.3 Å². The summed E-state index contributed by atoms with van der Waals surface area (Å²) in [5, 5.41) is 9.39. The molecule has 0 aliphatic carbocycles. The largest absolute Gasteiger partial charge is 0.399 e. The first-order chi connectivity index (χ1) is 7.70. The molecule has 1 aromatic carbocycles. The minimum Gasteiger partial charge on any atom is -0.399 e. The Morgan fingerprint density at radius 1 is 1.38 bits per heavy atom. The third kappa shape index (κ3) is 2.30. The summed E-state index contributed by atoms with van der Waals surface area (Å²) < 4.78 is 0. The molecular formula is C13H20N2O. The Hall–Kier alpha value is -1.22. The predicted octanol–water partition coefficient (Wildman–Crippen LogP) is 1.93. The summed E-state index contributed by atoms with van der Waals surface area (Å²) in [7, 11) is 0. The van der Waals surface area contributed by atoms with Gasteiger partial charge < -0.3 is 15.7 Å². The zero-order valence-electron chi connectivity index (χ0n) is 9.82. The van der Waals surface area contributed by atoms with Crippen LogP contribution in [0, 0.1) is 6.92 Å². The van der Waals surface area contributed by atoms with Gasteiger partial charge in [0.25, 0.3) is 0 Å². The molecule has 1 unspecified atom stereocenters. The highest BCUT2D eigenvalue weighted by Gasteiger charge is 2.21. The number of rotatable bonds is 2. The van der Waals surface area contributed by atoms with Crippen molar-refractivity contribution in [3.05, 3.63) is 23.8 Å². The summed E-state index contributed by atoms with van der Waals surface area (Å²) in [6, 6.07) is 6.38. The molecule has 2 rings (SSSR count). The zero-order valence-corrected chi connectivity index (χ0v) is 9.82. The lowest BCUT2D eigenvalue weighted by Gasteiger charge is -2.36. The fourth-order valence-corrected chi connectivity index (χ4v) is 2.49. The average molecular weight is 220 g/mol. The lowest BCUT2D eigenvalue weighted by atomic mass is 10.0. The number of anilines is 2. The highest BCUT2D eigenvalue weighted by atomic mass is 16.3. The maximum atomic E-state index is 9.39. The van der Waals surface area contributed by atoms with Gasteiger partial charge in [0.1, 0.15) is 0 Å². The number of hydrogen-bond donors (Lipinski definition) is 2. The molecular weight excluding hydrogens is 200 g/mol. The Labute approximate surface area is 96.9 Å². The van der Waals surface area contributed by atoms with Gasteiger partial charge in [-0.1, -0.05) is 0 Å². The van der Waals surface area contributed by atoms with Crippen molar-refractivity contribution < 1.29 is 5.11 Å². The van der Waals surface area contributed by atoms with E-state index in [0.717, 1.165) is 24.3 Å². The molecule has 0 spiro atoms. The van der Waals surface area contributed by atoms with E-state index in [2.05, 4.69) is 17.9 Å². The van der Waals surface area contributed by atoms with Gasteiger partial charge in [-0.15, -0.1) is 0 Å². The fraction of sp³-hybridized carbons (Fsp3) is 0.538. The summed E-state index contributed by atoms with van der Waals surface area (Å²) in [5.74, 6) is 0. The minimum atomic E-state index is 0.230. The average Bonchev–Trinajstić information content (AvgIpc) is 2.27. The van der Waals surface area contributed by atoms with E-state index in [0.29, 0.717) is 0 Å². The van der Waals surface area contributed by atoms with Crippen molar-refractivity contribution in [3.8, 4) is 0 Å². The van der Waals surface area contributed by atoms with Gasteiger partial charge in [0.05, 0.1) is 12.6 Å². The van der Waals surface area contributed by atoms with Crippen LogP contribution in [0.4, 0.5) is 11.4 Å². The van der Waals surface area contributed by atoms with Crippen LogP contribution in [0.5, 0.6) is 0 Å². The van der Waals surface area contributed by atoms with Crippen molar-refractivity contribution in [2.24, 2.45) is 0 Å². The monoisotopic (exact) mass is 220 g/mol. The maximum Gasteiger partial charge on any atom is 0.0635 e. The molecule has 3 nitrogen and oxygen atoms in total. The van der Waals surface area contributed by atoms with E-state index in [4.69, 9.17) is 5.73 Å². The van der Waals surface area contributed by atoms with Crippen molar-refractivity contribution in [1.29, 1.82) is 0 Å². The number of aliphatic hydroxyl groups is 1. The highest BCUT2D eigenvalue weighted by Crippen LogP contribution is 2.27. The van der Waals surface area contributed by atoms with Crippen molar-refractivity contribution in [1.82, 2.24) is 0 Å². The van der Waals surface area contributed by atoms with E-state index < -0.39 is 0 Å². The van der Waals surface area contributed by atoms with Crippen molar-refractivity contribution in [2.75, 3.05) is 23.8 Å². The van der Waals surface area contributed by atoms with Crippen molar-refractivity contribution in [3.63, 3.8) is 0 Å². The zero-order chi connectivity index (χ0) is 11.5. The smallest absolute Gasteiger partial charge is 0.0635 e. The molecule has 1 saturated heterocycles. The van der Waals surface area contributed by atoms with Gasteiger partial charge in [-0.2, -0.15) is 0 Å². The number of nitrogens with zero attached hydrogens (tertiary/aromatic N) is 1. The quantitative estimate of drug-likeness (QED) is 0.749. The number of aliphatic hydroxyl groups excluding tert-OH is 1. The Kier molecular flexibility index (Phi) is 3.34. The molecule has 16 heavy (non-hydrogen) atoms. The third-order valence-corrected chi connectivity index (χ3v) is 3.25. The Balaban J connectivity index is 2.26. The SMILES string of the molecule is Cc1cc(N)cc(N2CCCCC2CO)c1. The first-order valence-corrected chi connectivity index (χ1v) is 5.95. The number of nitrogens with two attached hydrogens (primary N) is 1. The number of benzene rings is 1. The van der Waals surface area contributed by atoms with Gasteiger partial charge >= 0.3 is 0 Å². The third-order valence-electron chi connectivity index (χ3n) is 3.25. The Morgan fingerprint density at radius 2 is 2.19 bits per heavy atom. The normalized spacial score (nSPS) is 21.1. The molecule has 88 valence electrons. The molecule has 0 bridgehead atoms. The molecule has 0 aromatic heterocycles. The molecule has 3 heteroatoms. The second kappa shape index (κ2) is 4.74. The minimum absolute atomic E-state index is 0.230. The lowest BCUT2D eigenvalue weighted by Crippen LogP contribution is -2.41. The van der Waals surface area contributed by atoms with Crippen LogP contribution in [0.2, 0.25) is 0 Å². The van der Waals surface area contributed by atoms with Gasteiger partial charge in [0.15, 0.2) is 0 Å². The summed E-state index contributed by atoms with van der Waals surface area (Å²) >= 11 is 0. The molecule has 0 saturated carbocycles. The number of hydrogen-bond acceptors (Lipinski definition) is 3. The summed E-state index contributed by atoms with van der Waals surface area (Å²) in [4.78, 5) is 2.28. The van der Waals surface area contributed by atoms with Crippen LogP contribution in [0.3, 0.4) is 0 Å². The number of piperidine rings is 1. The topological polar surface area (TPSA) is 49.5 Å². The van der Waals surface area contributed by atoms with E-state index >= 15 is 0 Å². The molecule has 1 aliphatic heterocycles. The Morgan fingerprint density at radius 3 is 2.88 bits per heavy atom. The number of nitrogen functional groups attached to an aromatic ring is 1. The lowest BCUT2D eigenvalue weighted by molar-refractivity contribution is 0.240. The van der Waals surface area contributed by atoms with E-state index in [-0.39, 0.29) is 12.6 Å². The Bertz CT molecular complexity index is 345. The van der Waals surface area contributed by atoms with Crippen LogP contribution in [0.25, 0.3) is 0 Å². The summed E-state index contributed by atoms with van der Waals surface area (Å²) in [6.07, 6.45) is 3.48. The fourth-order valence-electron chi connectivity index (χ4n) is 2.49. The van der Waals surface area contributed by atoms with Crippen LogP contribution in [-0.2, 0) is 0 Å². The van der Waals surface area contributed by atoms with Gasteiger partial charge in [-0.25, -0.2) is 0 Å². The van der Waals surface area contributed by atoms with Gasteiger partial charge in [-0.3, -0.25) is 0 Å². The summed E-state index contributed by atoms with van der Waals surface area (Å²) in [6.45, 7) is 3.31. The molecule has 1 heterocycles. The molecule has 3 N–H and O–H groups in total. The van der Waals surface area contributed by atoms with E-state index in [1.807, 2.05) is 12.1 Å².